The van der Waals surface area contributed by atoms with Crippen molar-refractivity contribution in [2.24, 2.45) is 5.73 Å². The van der Waals surface area contributed by atoms with Crippen LogP contribution in [0, 0.1) is 0 Å². The Morgan fingerprint density at radius 1 is 1.54 bits per heavy atom. The van der Waals surface area contributed by atoms with E-state index in [4.69, 9.17) is 5.73 Å². The summed E-state index contributed by atoms with van der Waals surface area (Å²) in [5.74, 6) is -0.700. The minimum absolute atomic E-state index is 0.295. The van der Waals surface area contributed by atoms with Gasteiger partial charge in [-0.3, -0.25) is 4.79 Å². The second-order valence-corrected chi connectivity index (χ2v) is 5.88. The minimum Gasteiger partial charge on any atom is -0.369 e. The molecule has 0 radical (unpaired) electrons. The zero-order valence-electron chi connectivity index (χ0n) is 7.69. The highest BCUT2D eigenvalue weighted by atomic mass is 32.2. The molecule has 1 aliphatic rings. The van der Waals surface area contributed by atoms with Gasteiger partial charge in [-0.2, -0.15) is 0 Å². The summed E-state index contributed by atoms with van der Waals surface area (Å²) in [5.41, 5.74) is 5.06. The van der Waals surface area contributed by atoms with Crippen LogP contribution in [0.15, 0.2) is 0 Å². The van der Waals surface area contributed by atoms with E-state index in [0.29, 0.717) is 25.7 Å². The first-order valence-electron chi connectivity index (χ1n) is 4.52. The van der Waals surface area contributed by atoms with Crippen LogP contribution in [0.4, 0.5) is 0 Å². The van der Waals surface area contributed by atoms with Crippen LogP contribution < -0.4 is 5.73 Å². The molecule has 0 aromatic heterocycles. The van der Waals surface area contributed by atoms with Gasteiger partial charge in [0.05, 0.1) is 5.25 Å². The van der Waals surface area contributed by atoms with Crippen LogP contribution in [0.2, 0.25) is 0 Å². The van der Waals surface area contributed by atoms with Gasteiger partial charge in [0.25, 0.3) is 0 Å². The first kappa shape index (κ1) is 10.5. The number of sulfone groups is 1. The molecule has 1 fully saturated rings. The zero-order chi connectivity index (χ0) is 10.1. The van der Waals surface area contributed by atoms with Crippen LogP contribution in [-0.4, -0.2) is 24.8 Å². The molecule has 1 amide bonds. The lowest BCUT2D eigenvalue weighted by molar-refractivity contribution is -0.117. The van der Waals surface area contributed by atoms with Crippen molar-refractivity contribution in [3.05, 3.63) is 0 Å². The third-order valence-corrected chi connectivity index (χ3v) is 4.92. The van der Waals surface area contributed by atoms with E-state index in [2.05, 4.69) is 0 Å². The molecule has 0 aromatic rings. The van der Waals surface area contributed by atoms with Gasteiger partial charge in [0, 0.05) is 0 Å². The van der Waals surface area contributed by atoms with Crippen LogP contribution in [-0.2, 0) is 14.6 Å². The Morgan fingerprint density at radius 3 is 2.38 bits per heavy atom. The Bertz CT molecular complexity index is 293. The molecule has 1 saturated carbocycles. The van der Waals surface area contributed by atoms with Gasteiger partial charge in [0.2, 0.25) is 5.91 Å². The van der Waals surface area contributed by atoms with Crippen molar-refractivity contribution in [1.82, 2.24) is 0 Å². The third-order valence-electron chi connectivity index (χ3n) is 2.25. The van der Waals surface area contributed by atoms with E-state index in [0.717, 1.165) is 0 Å². The summed E-state index contributed by atoms with van der Waals surface area (Å²) < 4.78 is 23.2. The van der Waals surface area contributed by atoms with E-state index >= 15 is 0 Å². The van der Waals surface area contributed by atoms with Gasteiger partial charge in [0.15, 0.2) is 9.84 Å². The predicted molar refractivity (Wildman–Crippen MR) is 49.8 cm³/mol. The largest absolute Gasteiger partial charge is 0.369 e. The first-order valence-corrected chi connectivity index (χ1v) is 6.13. The molecule has 1 atom stereocenters. The van der Waals surface area contributed by atoms with E-state index in [1.165, 1.54) is 0 Å². The summed E-state index contributed by atoms with van der Waals surface area (Å²) in [6, 6.07) is 0. The lowest BCUT2D eigenvalue weighted by Crippen LogP contribution is -2.37. The van der Waals surface area contributed by atoms with Crippen LogP contribution in [0.25, 0.3) is 0 Å². The van der Waals surface area contributed by atoms with Crippen LogP contribution >= 0.6 is 0 Å². The number of rotatable bonds is 5. The Hall–Kier alpha value is -0.580. The fourth-order valence-corrected chi connectivity index (χ4v) is 3.51. The van der Waals surface area contributed by atoms with E-state index in [-0.39, 0.29) is 5.25 Å². The smallest absolute Gasteiger partial charge is 0.235 e. The van der Waals surface area contributed by atoms with Crippen molar-refractivity contribution in [2.45, 2.75) is 43.1 Å². The summed E-state index contributed by atoms with van der Waals surface area (Å²) in [6.07, 6.45) is 2.40. The fraction of sp³-hybridized carbons (Fsp3) is 0.875. The molecule has 0 saturated heterocycles. The molecule has 1 unspecified atom stereocenters. The molecule has 13 heavy (non-hydrogen) atoms. The Balaban J connectivity index is 2.79. The summed E-state index contributed by atoms with van der Waals surface area (Å²) in [4.78, 5) is 10.9. The first-order chi connectivity index (χ1) is 6.00. The molecule has 5 heteroatoms. The molecule has 1 rings (SSSR count). The van der Waals surface area contributed by atoms with Gasteiger partial charge in [0.1, 0.15) is 5.25 Å². The molecular weight excluding hydrogens is 190 g/mol. The average molecular weight is 205 g/mol. The van der Waals surface area contributed by atoms with Crippen LogP contribution in [0.3, 0.4) is 0 Å². The number of hydrogen-bond donors (Lipinski definition) is 1. The Morgan fingerprint density at radius 2 is 2.08 bits per heavy atom. The number of nitrogens with two attached hydrogens (primary N) is 1. The summed E-state index contributed by atoms with van der Waals surface area (Å²) in [5, 5.41) is -1.25. The van der Waals surface area contributed by atoms with Crippen molar-refractivity contribution < 1.29 is 13.2 Å². The number of carbonyl (C=O) groups is 1. The van der Waals surface area contributed by atoms with E-state index in [1.54, 1.807) is 0 Å². The lowest BCUT2D eigenvalue weighted by atomic mass is 10.2. The number of amides is 1. The maximum absolute atomic E-state index is 11.6. The summed E-state index contributed by atoms with van der Waals surface area (Å²) in [6.45, 7) is 1.85. The number of hydrogen-bond acceptors (Lipinski definition) is 3. The molecule has 4 nitrogen and oxygen atoms in total. The standard InChI is InChI=1S/C8H15NO3S/c1-2-3-7(8(9)10)13(11,12)6-4-5-6/h6-7H,2-5H2,1H3,(H2,9,10). The SMILES string of the molecule is CCCC(C(N)=O)S(=O)(=O)C1CC1. The van der Waals surface area contributed by atoms with Gasteiger partial charge < -0.3 is 5.73 Å². The minimum atomic E-state index is -3.26. The molecular formula is C8H15NO3S. The monoisotopic (exact) mass is 205 g/mol. The molecule has 0 bridgehead atoms. The van der Waals surface area contributed by atoms with Crippen LogP contribution in [0.1, 0.15) is 32.6 Å². The highest BCUT2D eigenvalue weighted by Crippen LogP contribution is 2.32. The average Bonchev–Trinajstić information content (AvgIpc) is 2.80. The maximum Gasteiger partial charge on any atom is 0.235 e. The summed E-state index contributed by atoms with van der Waals surface area (Å²) in [7, 11) is -3.26. The highest BCUT2D eigenvalue weighted by molar-refractivity contribution is 7.93. The van der Waals surface area contributed by atoms with Gasteiger partial charge >= 0.3 is 0 Å². The molecule has 2 N–H and O–H groups in total. The Kier molecular flexibility index (Phi) is 2.95. The van der Waals surface area contributed by atoms with E-state index in [9.17, 15) is 13.2 Å². The molecule has 0 heterocycles. The molecule has 76 valence electrons. The second kappa shape index (κ2) is 3.65. The van der Waals surface area contributed by atoms with Crippen molar-refractivity contribution in [2.75, 3.05) is 0 Å². The van der Waals surface area contributed by atoms with Gasteiger partial charge in [-0.15, -0.1) is 0 Å². The van der Waals surface area contributed by atoms with Crippen molar-refractivity contribution in [1.29, 1.82) is 0 Å². The molecule has 1 aliphatic carbocycles. The van der Waals surface area contributed by atoms with Crippen molar-refractivity contribution in [3.8, 4) is 0 Å². The van der Waals surface area contributed by atoms with Crippen molar-refractivity contribution in [3.63, 3.8) is 0 Å². The normalized spacial score (nSPS) is 19.8. The summed E-state index contributed by atoms with van der Waals surface area (Å²) >= 11 is 0. The predicted octanol–water partition coefficient (Wildman–Crippen LogP) is 0.218. The second-order valence-electron chi connectivity index (χ2n) is 3.47. The number of primary amides is 1. The van der Waals surface area contributed by atoms with E-state index in [1.807, 2.05) is 6.92 Å². The molecule has 0 aromatic carbocycles. The Labute approximate surface area is 78.4 Å². The van der Waals surface area contributed by atoms with Crippen molar-refractivity contribution >= 4 is 15.7 Å². The zero-order valence-corrected chi connectivity index (χ0v) is 8.51. The molecule has 0 aliphatic heterocycles. The fourth-order valence-electron chi connectivity index (χ4n) is 1.36. The molecule has 0 spiro atoms. The van der Waals surface area contributed by atoms with E-state index < -0.39 is 21.0 Å². The van der Waals surface area contributed by atoms with Crippen LogP contribution in [0.5, 0.6) is 0 Å². The van der Waals surface area contributed by atoms with Gasteiger partial charge in [-0.1, -0.05) is 13.3 Å². The van der Waals surface area contributed by atoms with Gasteiger partial charge in [-0.05, 0) is 19.3 Å². The lowest BCUT2D eigenvalue weighted by Gasteiger charge is -2.12. The quantitative estimate of drug-likeness (QED) is 0.697. The third kappa shape index (κ3) is 2.21. The van der Waals surface area contributed by atoms with Gasteiger partial charge in [-0.25, -0.2) is 8.42 Å². The highest BCUT2D eigenvalue weighted by Gasteiger charge is 2.43. The topological polar surface area (TPSA) is 77.2 Å². The number of carbonyl (C=O) groups excluding carboxylic acids is 1. The maximum atomic E-state index is 11.6.